The number of halogens is 2. The van der Waals surface area contributed by atoms with E-state index in [1.165, 1.54) is 0 Å². The summed E-state index contributed by atoms with van der Waals surface area (Å²) in [6.07, 6.45) is 0.817. The molecular weight excluding hydrogens is 301 g/mol. The van der Waals surface area contributed by atoms with E-state index in [-0.39, 0.29) is 12.5 Å². The SMILES string of the molecule is CCc1cc(NC(=O)COc2cc(Cl)ccc2Cl)n[nH]1. The van der Waals surface area contributed by atoms with Crippen LogP contribution in [-0.4, -0.2) is 22.7 Å². The van der Waals surface area contributed by atoms with E-state index in [4.69, 9.17) is 27.9 Å². The quantitative estimate of drug-likeness (QED) is 0.890. The predicted molar refractivity (Wildman–Crippen MR) is 78.6 cm³/mol. The summed E-state index contributed by atoms with van der Waals surface area (Å²) in [7, 11) is 0. The third kappa shape index (κ3) is 3.88. The van der Waals surface area contributed by atoms with Crippen molar-refractivity contribution in [1.82, 2.24) is 10.2 Å². The summed E-state index contributed by atoms with van der Waals surface area (Å²) in [5, 5.41) is 10.3. The number of carbonyl (C=O) groups is 1. The number of aromatic nitrogens is 2. The summed E-state index contributed by atoms with van der Waals surface area (Å²) in [4.78, 5) is 11.7. The van der Waals surface area contributed by atoms with Crippen LogP contribution in [0.1, 0.15) is 12.6 Å². The molecule has 0 atom stereocenters. The Hall–Kier alpha value is -1.72. The lowest BCUT2D eigenvalue weighted by Crippen LogP contribution is -2.20. The Morgan fingerprint density at radius 2 is 2.20 bits per heavy atom. The number of hydrogen-bond donors (Lipinski definition) is 2. The van der Waals surface area contributed by atoms with Gasteiger partial charge in [-0.2, -0.15) is 5.10 Å². The number of ether oxygens (including phenoxy) is 1. The average Bonchev–Trinajstić information content (AvgIpc) is 2.87. The number of amides is 1. The van der Waals surface area contributed by atoms with Gasteiger partial charge in [0.2, 0.25) is 0 Å². The molecule has 0 bridgehead atoms. The highest BCUT2D eigenvalue weighted by molar-refractivity contribution is 6.34. The number of nitrogens with one attached hydrogen (secondary N) is 2. The second-order valence-corrected chi connectivity index (χ2v) is 4.89. The highest BCUT2D eigenvalue weighted by atomic mass is 35.5. The molecule has 0 aliphatic rings. The van der Waals surface area contributed by atoms with Crippen molar-refractivity contribution in [2.45, 2.75) is 13.3 Å². The highest BCUT2D eigenvalue weighted by Crippen LogP contribution is 2.27. The molecule has 1 heterocycles. The average molecular weight is 314 g/mol. The zero-order valence-electron chi connectivity index (χ0n) is 10.7. The third-order valence-corrected chi connectivity index (χ3v) is 3.08. The van der Waals surface area contributed by atoms with Gasteiger partial charge in [-0.15, -0.1) is 0 Å². The van der Waals surface area contributed by atoms with Crippen LogP contribution in [0.3, 0.4) is 0 Å². The summed E-state index contributed by atoms with van der Waals surface area (Å²) in [6.45, 7) is 1.82. The van der Waals surface area contributed by atoms with Crippen LogP contribution in [0.2, 0.25) is 10.0 Å². The van der Waals surface area contributed by atoms with Gasteiger partial charge in [0.15, 0.2) is 12.4 Å². The molecule has 1 amide bonds. The standard InChI is InChI=1S/C13H13Cl2N3O2/c1-2-9-6-12(18-17-9)16-13(19)7-20-11-5-8(14)3-4-10(11)15/h3-6H,2,7H2,1H3,(H2,16,17,18,19). The van der Waals surface area contributed by atoms with Crippen LogP contribution in [0.15, 0.2) is 24.3 Å². The first-order chi connectivity index (χ1) is 9.58. The number of nitrogens with zero attached hydrogens (tertiary/aromatic N) is 1. The number of H-pyrrole nitrogens is 1. The molecule has 1 aromatic carbocycles. The molecular formula is C13H13Cl2N3O2. The Morgan fingerprint density at radius 3 is 2.90 bits per heavy atom. The molecule has 0 radical (unpaired) electrons. The fourth-order valence-electron chi connectivity index (χ4n) is 1.52. The smallest absolute Gasteiger partial charge is 0.263 e. The van der Waals surface area contributed by atoms with Crippen molar-refractivity contribution >= 4 is 34.9 Å². The van der Waals surface area contributed by atoms with Gasteiger partial charge in [0.05, 0.1) is 5.02 Å². The van der Waals surface area contributed by atoms with Gasteiger partial charge in [0.25, 0.3) is 5.91 Å². The van der Waals surface area contributed by atoms with Crippen molar-refractivity contribution in [3.8, 4) is 5.75 Å². The second-order valence-electron chi connectivity index (χ2n) is 4.04. The van der Waals surface area contributed by atoms with E-state index < -0.39 is 0 Å². The van der Waals surface area contributed by atoms with Gasteiger partial charge in [-0.1, -0.05) is 30.1 Å². The minimum atomic E-state index is -0.324. The van der Waals surface area contributed by atoms with Gasteiger partial charge >= 0.3 is 0 Å². The summed E-state index contributed by atoms with van der Waals surface area (Å²) in [6, 6.07) is 6.58. The van der Waals surface area contributed by atoms with E-state index in [0.29, 0.717) is 21.6 Å². The summed E-state index contributed by atoms with van der Waals surface area (Å²) in [5.74, 6) is 0.508. The minimum Gasteiger partial charge on any atom is -0.482 e. The first-order valence-corrected chi connectivity index (χ1v) is 6.76. The normalized spacial score (nSPS) is 10.3. The van der Waals surface area contributed by atoms with Crippen molar-refractivity contribution in [1.29, 1.82) is 0 Å². The molecule has 0 aliphatic carbocycles. The molecule has 2 rings (SSSR count). The lowest BCUT2D eigenvalue weighted by Gasteiger charge is -2.07. The molecule has 20 heavy (non-hydrogen) atoms. The molecule has 106 valence electrons. The maximum absolute atomic E-state index is 11.7. The monoisotopic (exact) mass is 313 g/mol. The molecule has 0 fully saturated rings. The minimum absolute atomic E-state index is 0.172. The molecule has 5 nitrogen and oxygen atoms in total. The fourth-order valence-corrected chi connectivity index (χ4v) is 1.85. The van der Waals surface area contributed by atoms with Crippen LogP contribution < -0.4 is 10.1 Å². The Kier molecular flexibility index (Phi) is 4.87. The van der Waals surface area contributed by atoms with Crippen molar-refractivity contribution in [2.24, 2.45) is 0 Å². The molecule has 0 spiro atoms. The van der Waals surface area contributed by atoms with Gasteiger partial charge < -0.3 is 10.1 Å². The summed E-state index contributed by atoms with van der Waals surface area (Å²) < 4.78 is 5.32. The van der Waals surface area contributed by atoms with Crippen molar-refractivity contribution in [2.75, 3.05) is 11.9 Å². The van der Waals surface area contributed by atoms with Crippen LogP contribution in [0.25, 0.3) is 0 Å². The molecule has 0 saturated carbocycles. The Bertz CT molecular complexity index is 613. The molecule has 0 unspecified atom stereocenters. The Labute approximate surface area is 126 Å². The van der Waals surface area contributed by atoms with Crippen LogP contribution in [0, 0.1) is 0 Å². The third-order valence-electron chi connectivity index (χ3n) is 2.53. The molecule has 2 aromatic rings. The lowest BCUT2D eigenvalue weighted by molar-refractivity contribution is -0.118. The molecule has 2 N–H and O–H groups in total. The fraction of sp³-hybridized carbons (Fsp3) is 0.231. The highest BCUT2D eigenvalue weighted by Gasteiger charge is 2.08. The van der Waals surface area contributed by atoms with E-state index in [9.17, 15) is 4.79 Å². The number of hydrogen-bond acceptors (Lipinski definition) is 3. The van der Waals surface area contributed by atoms with Crippen molar-refractivity contribution in [3.63, 3.8) is 0 Å². The summed E-state index contributed by atoms with van der Waals surface area (Å²) in [5.41, 5.74) is 0.944. The van der Waals surface area contributed by atoms with Crippen LogP contribution in [0.5, 0.6) is 5.75 Å². The largest absolute Gasteiger partial charge is 0.482 e. The first-order valence-electron chi connectivity index (χ1n) is 6.00. The molecule has 0 saturated heterocycles. The predicted octanol–water partition coefficient (Wildman–Crippen LogP) is 3.30. The molecule has 0 aliphatic heterocycles. The van der Waals surface area contributed by atoms with Crippen molar-refractivity contribution < 1.29 is 9.53 Å². The van der Waals surface area contributed by atoms with E-state index in [1.54, 1.807) is 24.3 Å². The summed E-state index contributed by atoms with van der Waals surface area (Å²) >= 11 is 11.8. The van der Waals surface area contributed by atoms with Gasteiger partial charge in [0.1, 0.15) is 5.75 Å². The number of aromatic amines is 1. The van der Waals surface area contributed by atoms with Gasteiger partial charge in [-0.25, -0.2) is 0 Å². The van der Waals surface area contributed by atoms with Gasteiger partial charge in [-0.3, -0.25) is 9.89 Å². The molecule has 1 aromatic heterocycles. The van der Waals surface area contributed by atoms with E-state index in [2.05, 4.69) is 15.5 Å². The maximum atomic E-state index is 11.7. The topological polar surface area (TPSA) is 67.0 Å². The number of benzene rings is 1. The van der Waals surface area contributed by atoms with Crippen LogP contribution in [-0.2, 0) is 11.2 Å². The maximum Gasteiger partial charge on any atom is 0.263 e. The van der Waals surface area contributed by atoms with Gasteiger partial charge in [-0.05, 0) is 18.6 Å². The zero-order valence-corrected chi connectivity index (χ0v) is 12.3. The second kappa shape index (κ2) is 6.63. The number of carbonyl (C=O) groups excluding carboxylic acids is 1. The Balaban J connectivity index is 1.90. The number of anilines is 1. The van der Waals surface area contributed by atoms with E-state index >= 15 is 0 Å². The number of rotatable bonds is 5. The number of aryl methyl sites for hydroxylation is 1. The first kappa shape index (κ1) is 14.7. The molecule has 7 heteroatoms. The Morgan fingerprint density at radius 1 is 1.40 bits per heavy atom. The lowest BCUT2D eigenvalue weighted by atomic mass is 10.3. The van der Waals surface area contributed by atoms with E-state index in [1.807, 2.05) is 6.92 Å². The van der Waals surface area contributed by atoms with Gasteiger partial charge in [0, 0.05) is 22.8 Å². The van der Waals surface area contributed by atoms with Crippen molar-refractivity contribution in [3.05, 3.63) is 40.0 Å². The van der Waals surface area contributed by atoms with Crippen LogP contribution in [0.4, 0.5) is 5.82 Å². The zero-order chi connectivity index (χ0) is 14.5. The van der Waals surface area contributed by atoms with Crippen LogP contribution >= 0.6 is 23.2 Å². The van der Waals surface area contributed by atoms with E-state index in [0.717, 1.165) is 12.1 Å².